The summed E-state index contributed by atoms with van der Waals surface area (Å²) in [5.74, 6) is 1.95. The predicted octanol–water partition coefficient (Wildman–Crippen LogP) is 6.56. The van der Waals surface area contributed by atoms with Crippen LogP contribution >= 0.6 is 19.4 Å². The Morgan fingerprint density at radius 3 is 2.39 bits per heavy atom. The van der Waals surface area contributed by atoms with Crippen LogP contribution in [0, 0.1) is 0 Å². The molecule has 0 radical (unpaired) electrons. The van der Waals surface area contributed by atoms with E-state index >= 15 is 0 Å². The van der Waals surface area contributed by atoms with Gasteiger partial charge in [-0.15, -0.1) is 0 Å². The van der Waals surface area contributed by atoms with Crippen LogP contribution in [0.15, 0.2) is 16.3 Å². The maximum absolute atomic E-state index is 12.6. The first-order valence-corrected chi connectivity index (χ1v) is 10.6. The van der Waals surface area contributed by atoms with Crippen molar-refractivity contribution in [1.82, 2.24) is 0 Å². The topological polar surface area (TPSA) is 30.2 Å². The van der Waals surface area contributed by atoms with E-state index in [2.05, 4.69) is 53.7 Å². The molecule has 2 aromatic rings. The summed E-state index contributed by atoms with van der Waals surface area (Å²) in [6.07, 6.45) is 0.995. The molecule has 1 aliphatic rings. The van der Waals surface area contributed by atoms with Crippen molar-refractivity contribution >= 4 is 30.4 Å². The van der Waals surface area contributed by atoms with Gasteiger partial charge in [-0.1, -0.05) is 47.6 Å². The summed E-state index contributed by atoms with van der Waals surface area (Å²) in [6, 6.07) is 4.53. The molecule has 1 aliphatic heterocycles. The van der Waals surface area contributed by atoms with Gasteiger partial charge in [0, 0.05) is 16.5 Å². The fraction of sp³-hybridized carbons (Fsp3) is 0.579. The van der Waals surface area contributed by atoms with Gasteiger partial charge in [0.25, 0.3) is 0 Å². The third kappa shape index (κ3) is 3.10. The molecule has 124 valence electrons. The van der Waals surface area contributed by atoms with E-state index < -0.39 is 7.65 Å². The fourth-order valence-electron chi connectivity index (χ4n) is 3.11. The standard InChI is InChI=1S/C19H26O2PS/c1-18(2,3)12-9-14-13-7-8-23-11-16(13)22(20)21-17(14)15(10-12)19(4,5)6/h9-10H,7-8,11H2,1-6H3/q+1. The Morgan fingerprint density at radius 2 is 1.78 bits per heavy atom. The summed E-state index contributed by atoms with van der Waals surface area (Å²) in [4.78, 5) is 0. The highest BCUT2D eigenvalue weighted by atomic mass is 32.2. The van der Waals surface area contributed by atoms with Crippen molar-refractivity contribution in [2.24, 2.45) is 0 Å². The number of hydrogen-bond donors (Lipinski definition) is 0. The number of thioether (sulfide) groups is 1. The van der Waals surface area contributed by atoms with Crippen LogP contribution in [0.5, 0.6) is 0 Å². The smallest absolute Gasteiger partial charge is 0.249 e. The number of rotatable bonds is 0. The molecule has 0 amide bonds. The third-order valence-electron chi connectivity index (χ3n) is 4.57. The molecule has 4 heteroatoms. The van der Waals surface area contributed by atoms with Crippen molar-refractivity contribution < 1.29 is 8.76 Å². The Morgan fingerprint density at radius 1 is 1.09 bits per heavy atom. The van der Waals surface area contributed by atoms with Crippen LogP contribution in [0.25, 0.3) is 11.0 Å². The van der Waals surface area contributed by atoms with Crippen LogP contribution < -0.4 is 0 Å². The van der Waals surface area contributed by atoms with Gasteiger partial charge < -0.3 is 0 Å². The SMILES string of the molecule is CC(C)(C)c1cc(C(C)(C)C)c2o[p+](=O)c3c(c2c1)CCSC3. The lowest BCUT2D eigenvalue weighted by Crippen LogP contribution is -2.17. The second-order valence-electron chi connectivity index (χ2n) is 8.48. The highest BCUT2D eigenvalue weighted by Crippen LogP contribution is 2.43. The van der Waals surface area contributed by atoms with Crippen molar-refractivity contribution in [2.75, 3.05) is 5.75 Å². The van der Waals surface area contributed by atoms with Crippen molar-refractivity contribution in [3.63, 3.8) is 0 Å². The van der Waals surface area contributed by atoms with Crippen LogP contribution in [0.3, 0.4) is 0 Å². The third-order valence-corrected chi connectivity index (χ3v) is 6.98. The summed E-state index contributed by atoms with van der Waals surface area (Å²) in [5, 5.41) is 2.21. The van der Waals surface area contributed by atoms with E-state index in [1.807, 2.05) is 11.8 Å². The highest BCUT2D eigenvalue weighted by molar-refractivity contribution is 7.98. The maximum atomic E-state index is 12.6. The van der Waals surface area contributed by atoms with Gasteiger partial charge in [-0.3, -0.25) is 0 Å². The molecule has 1 atom stereocenters. The predicted molar refractivity (Wildman–Crippen MR) is 101 cm³/mol. The van der Waals surface area contributed by atoms with Crippen molar-refractivity contribution in [1.29, 1.82) is 0 Å². The lowest BCUT2D eigenvalue weighted by molar-refractivity contribution is 0.544. The molecule has 23 heavy (non-hydrogen) atoms. The largest absolute Gasteiger partial charge is 0.593 e. The molecular weight excluding hydrogens is 323 g/mol. The molecule has 2 heterocycles. The molecule has 0 bridgehead atoms. The average molecular weight is 349 g/mol. The number of fused-ring (bicyclic) bond motifs is 3. The quantitative estimate of drug-likeness (QED) is 0.539. The average Bonchev–Trinajstić information content (AvgIpc) is 2.44. The number of benzene rings is 1. The molecule has 3 rings (SSSR count). The monoisotopic (exact) mass is 349 g/mol. The summed E-state index contributed by atoms with van der Waals surface area (Å²) in [5.41, 5.74) is 4.68. The molecule has 1 aromatic heterocycles. The molecule has 0 fully saturated rings. The second kappa shape index (κ2) is 5.63. The van der Waals surface area contributed by atoms with Gasteiger partial charge in [-0.25, -0.2) is 4.20 Å². The Bertz CT molecular complexity index is 822. The van der Waals surface area contributed by atoms with Gasteiger partial charge in [0.2, 0.25) is 5.30 Å². The summed E-state index contributed by atoms with van der Waals surface area (Å²) >= 11 is 1.86. The van der Waals surface area contributed by atoms with Gasteiger partial charge >= 0.3 is 7.65 Å². The molecule has 0 saturated heterocycles. The molecule has 1 unspecified atom stereocenters. The van der Waals surface area contributed by atoms with Gasteiger partial charge in [-0.05, 0) is 39.2 Å². The van der Waals surface area contributed by atoms with Gasteiger partial charge in [0.05, 0.1) is 5.75 Å². The van der Waals surface area contributed by atoms with E-state index in [0.29, 0.717) is 0 Å². The zero-order valence-electron chi connectivity index (χ0n) is 14.9. The minimum atomic E-state index is -1.73. The Hall–Kier alpha value is -0.790. The highest BCUT2D eigenvalue weighted by Gasteiger charge is 2.31. The normalized spacial score (nSPS) is 16.5. The minimum absolute atomic E-state index is 0.0387. The van der Waals surface area contributed by atoms with Gasteiger partial charge in [0.15, 0.2) is 5.58 Å². The summed E-state index contributed by atoms with van der Waals surface area (Å²) in [6.45, 7) is 13.3. The summed E-state index contributed by atoms with van der Waals surface area (Å²) < 4.78 is 18.6. The van der Waals surface area contributed by atoms with Crippen LogP contribution in [0.4, 0.5) is 0 Å². The Balaban J connectivity index is 2.46. The molecule has 0 N–H and O–H groups in total. The Kier molecular flexibility index (Phi) is 4.18. The van der Waals surface area contributed by atoms with Crippen LogP contribution in [0.2, 0.25) is 0 Å². The van der Waals surface area contributed by atoms with Crippen molar-refractivity contribution in [2.45, 2.75) is 64.5 Å². The first-order valence-electron chi connectivity index (χ1n) is 8.23. The zero-order chi connectivity index (χ0) is 17.0. The van der Waals surface area contributed by atoms with Gasteiger partial charge in [0.1, 0.15) is 0 Å². The summed E-state index contributed by atoms with van der Waals surface area (Å²) in [7, 11) is -1.73. The van der Waals surface area contributed by atoms with E-state index in [1.165, 1.54) is 22.1 Å². The van der Waals surface area contributed by atoms with E-state index in [1.54, 1.807) is 0 Å². The molecule has 0 spiro atoms. The lowest BCUT2D eigenvalue weighted by Gasteiger charge is -2.26. The van der Waals surface area contributed by atoms with Crippen LogP contribution in [-0.2, 0) is 27.6 Å². The minimum Gasteiger partial charge on any atom is -0.249 e. The van der Waals surface area contributed by atoms with E-state index in [0.717, 1.165) is 28.8 Å². The van der Waals surface area contributed by atoms with E-state index in [4.69, 9.17) is 4.20 Å². The van der Waals surface area contributed by atoms with Crippen LogP contribution in [0.1, 0.15) is 63.5 Å². The Labute approximate surface area is 143 Å². The van der Waals surface area contributed by atoms with Crippen LogP contribution in [-0.4, -0.2) is 5.75 Å². The van der Waals surface area contributed by atoms with E-state index in [9.17, 15) is 4.57 Å². The molecule has 2 nitrogen and oxygen atoms in total. The van der Waals surface area contributed by atoms with Crippen molar-refractivity contribution in [3.05, 3.63) is 34.1 Å². The first-order chi connectivity index (χ1) is 10.6. The van der Waals surface area contributed by atoms with Crippen molar-refractivity contribution in [3.8, 4) is 0 Å². The second-order valence-corrected chi connectivity index (χ2v) is 10.8. The zero-order valence-corrected chi connectivity index (χ0v) is 16.7. The van der Waals surface area contributed by atoms with E-state index in [-0.39, 0.29) is 10.8 Å². The first kappa shape index (κ1) is 17.0. The fourth-order valence-corrected chi connectivity index (χ4v) is 5.59. The van der Waals surface area contributed by atoms with Gasteiger partial charge in [-0.2, -0.15) is 11.8 Å². The molecule has 0 aliphatic carbocycles. The number of aryl methyl sites for hydroxylation is 1. The molecule has 0 saturated carbocycles. The maximum Gasteiger partial charge on any atom is 0.593 e. The molecular formula is C19H26O2PS+. The lowest BCUT2D eigenvalue weighted by atomic mass is 9.79. The number of hydrogen-bond acceptors (Lipinski definition) is 3. The molecule has 1 aromatic carbocycles.